The van der Waals surface area contributed by atoms with Gasteiger partial charge in [-0.05, 0) is 17.7 Å². The van der Waals surface area contributed by atoms with Crippen molar-refractivity contribution in [1.82, 2.24) is 0 Å². The van der Waals surface area contributed by atoms with Gasteiger partial charge in [-0.15, -0.1) is 0 Å². The van der Waals surface area contributed by atoms with Crippen LogP contribution in [0.1, 0.15) is 33.5 Å². The Morgan fingerprint density at radius 2 is 2.19 bits per heavy atom. The highest BCUT2D eigenvalue weighted by Gasteiger charge is 2.22. The summed E-state index contributed by atoms with van der Waals surface area (Å²) in [5.74, 6) is -1.29. The lowest BCUT2D eigenvalue weighted by molar-refractivity contribution is 0.0695. The third-order valence-corrected chi connectivity index (χ3v) is 2.62. The number of hydrogen-bond donors (Lipinski definition) is 1. The Morgan fingerprint density at radius 1 is 1.56 bits per heavy atom. The summed E-state index contributed by atoms with van der Waals surface area (Å²) >= 11 is 2.95. The summed E-state index contributed by atoms with van der Waals surface area (Å²) in [5.41, 5.74) is -0.985. The molecule has 0 saturated carbocycles. The first kappa shape index (κ1) is 12.6. The third kappa shape index (κ3) is 2.19. The van der Waals surface area contributed by atoms with Crippen LogP contribution < -0.4 is 0 Å². The predicted octanol–water partition coefficient (Wildman–Crippen LogP) is 3.09. The number of aromatic carboxylic acids is 1. The summed E-state index contributed by atoms with van der Waals surface area (Å²) in [6, 6.07) is 3.87. The molecular weight excluding hydrogens is 284 g/mol. The Labute approximate surface area is 98.4 Å². The van der Waals surface area contributed by atoms with Crippen LogP contribution in [0.3, 0.4) is 0 Å². The van der Waals surface area contributed by atoms with Gasteiger partial charge in [0.25, 0.3) is 6.43 Å². The van der Waals surface area contributed by atoms with Crippen molar-refractivity contribution < 1.29 is 18.7 Å². The summed E-state index contributed by atoms with van der Waals surface area (Å²) in [5, 5.41) is 17.5. The van der Waals surface area contributed by atoms with Crippen LogP contribution in [0, 0.1) is 11.3 Å². The van der Waals surface area contributed by atoms with E-state index in [-0.39, 0.29) is 22.0 Å². The van der Waals surface area contributed by atoms with E-state index in [1.807, 2.05) is 0 Å². The van der Waals surface area contributed by atoms with Crippen LogP contribution in [0.4, 0.5) is 8.78 Å². The summed E-state index contributed by atoms with van der Waals surface area (Å²) in [6.45, 7) is 0. The van der Waals surface area contributed by atoms with E-state index in [1.165, 1.54) is 0 Å². The number of rotatable bonds is 3. The Bertz CT molecular complexity index is 469. The van der Waals surface area contributed by atoms with E-state index in [9.17, 15) is 13.6 Å². The number of nitrogens with zero attached hydrogens (tertiary/aromatic N) is 1. The van der Waals surface area contributed by atoms with E-state index < -0.39 is 18.0 Å². The van der Waals surface area contributed by atoms with Crippen molar-refractivity contribution in [3.8, 4) is 6.07 Å². The lowest BCUT2D eigenvalue weighted by Gasteiger charge is -2.11. The maximum absolute atomic E-state index is 12.7. The van der Waals surface area contributed by atoms with Crippen LogP contribution in [0.15, 0.2) is 12.1 Å². The van der Waals surface area contributed by atoms with E-state index in [4.69, 9.17) is 10.4 Å². The standard InChI is InChI=1S/C10H6BrF2NO2/c11-3-7-6(10(15)16)2-1-5(4-14)8(7)9(12)13/h1-2,9H,3H2,(H,15,16). The third-order valence-electron chi connectivity index (χ3n) is 2.06. The molecule has 0 saturated heterocycles. The zero-order valence-corrected chi connectivity index (χ0v) is 9.46. The minimum atomic E-state index is -2.87. The second-order valence-corrected chi connectivity index (χ2v) is 3.46. The second-order valence-electron chi connectivity index (χ2n) is 2.90. The van der Waals surface area contributed by atoms with E-state index in [1.54, 1.807) is 6.07 Å². The molecule has 1 rings (SSSR count). The molecule has 6 heteroatoms. The first-order valence-corrected chi connectivity index (χ1v) is 5.28. The van der Waals surface area contributed by atoms with E-state index in [0.717, 1.165) is 12.1 Å². The van der Waals surface area contributed by atoms with Crippen molar-refractivity contribution in [3.63, 3.8) is 0 Å². The lowest BCUT2D eigenvalue weighted by Crippen LogP contribution is -2.07. The molecule has 1 N–H and O–H groups in total. The van der Waals surface area contributed by atoms with Gasteiger partial charge in [0.15, 0.2) is 0 Å². The average molecular weight is 290 g/mol. The van der Waals surface area contributed by atoms with Crippen LogP contribution in [0.5, 0.6) is 0 Å². The van der Waals surface area contributed by atoms with Gasteiger partial charge in [0.05, 0.1) is 17.2 Å². The van der Waals surface area contributed by atoms with Gasteiger partial charge >= 0.3 is 5.97 Å². The molecule has 0 unspecified atom stereocenters. The molecule has 1 aromatic rings. The quantitative estimate of drug-likeness (QED) is 0.870. The zero-order chi connectivity index (χ0) is 12.3. The van der Waals surface area contributed by atoms with Gasteiger partial charge in [-0.2, -0.15) is 5.26 Å². The molecule has 0 amide bonds. The van der Waals surface area contributed by atoms with Crippen LogP contribution >= 0.6 is 15.9 Å². The number of hydrogen-bond acceptors (Lipinski definition) is 2. The van der Waals surface area contributed by atoms with Gasteiger partial charge in [0.2, 0.25) is 0 Å². The van der Waals surface area contributed by atoms with Gasteiger partial charge in [-0.25, -0.2) is 13.6 Å². The Balaban J connectivity index is 3.57. The minimum Gasteiger partial charge on any atom is -0.478 e. The molecule has 0 aliphatic heterocycles. The fraction of sp³-hybridized carbons (Fsp3) is 0.200. The van der Waals surface area contributed by atoms with Crippen molar-refractivity contribution >= 4 is 21.9 Å². The molecule has 1 aromatic carbocycles. The molecule has 0 bridgehead atoms. The van der Waals surface area contributed by atoms with Gasteiger partial charge in [-0.3, -0.25) is 0 Å². The van der Waals surface area contributed by atoms with Crippen molar-refractivity contribution in [3.05, 3.63) is 34.4 Å². The Kier molecular flexibility index (Phi) is 3.96. The molecule has 0 aliphatic carbocycles. The maximum Gasteiger partial charge on any atom is 0.336 e. The highest BCUT2D eigenvalue weighted by Crippen LogP contribution is 2.30. The van der Waals surface area contributed by atoms with Crippen molar-refractivity contribution in [2.75, 3.05) is 0 Å². The van der Waals surface area contributed by atoms with Crippen LogP contribution in [0.2, 0.25) is 0 Å². The highest BCUT2D eigenvalue weighted by atomic mass is 79.9. The second kappa shape index (κ2) is 5.03. The van der Waals surface area contributed by atoms with Gasteiger partial charge in [-0.1, -0.05) is 15.9 Å². The molecule has 0 aliphatic rings. The van der Waals surface area contributed by atoms with Crippen molar-refractivity contribution in [2.45, 2.75) is 11.8 Å². The number of carbonyl (C=O) groups is 1. The molecule has 0 fully saturated rings. The number of benzene rings is 1. The van der Waals surface area contributed by atoms with E-state index in [0.29, 0.717) is 0 Å². The Morgan fingerprint density at radius 3 is 2.56 bits per heavy atom. The average Bonchev–Trinajstić information content (AvgIpc) is 2.26. The number of nitriles is 1. The van der Waals surface area contributed by atoms with Crippen LogP contribution in [-0.4, -0.2) is 11.1 Å². The SMILES string of the molecule is N#Cc1ccc(C(=O)O)c(CBr)c1C(F)F. The van der Waals surface area contributed by atoms with Crippen LogP contribution in [0.25, 0.3) is 0 Å². The highest BCUT2D eigenvalue weighted by molar-refractivity contribution is 9.08. The maximum atomic E-state index is 12.7. The molecule has 84 valence electrons. The molecular formula is C10H6BrF2NO2. The number of carboxylic acid groups (broad SMARTS) is 1. The first-order chi connectivity index (χ1) is 7.52. The molecule has 0 spiro atoms. The molecule has 0 heterocycles. The largest absolute Gasteiger partial charge is 0.478 e. The summed E-state index contributed by atoms with van der Waals surface area (Å²) in [6.07, 6.45) is -2.87. The van der Waals surface area contributed by atoms with Gasteiger partial charge in [0.1, 0.15) is 0 Å². The molecule has 16 heavy (non-hydrogen) atoms. The Hall–Kier alpha value is -1.48. The van der Waals surface area contributed by atoms with E-state index >= 15 is 0 Å². The number of alkyl halides is 3. The zero-order valence-electron chi connectivity index (χ0n) is 7.88. The summed E-state index contributed by atoms with van der Waals surface area (Å²) in [7, 11) is 0. The monoisotopic (exact) mass is 289 g/mol. The topological polar surface area (TPSA) is 61.1 Å². The minimum absolute atomic E-state index is 0.0379. The van der Waals surface area contributed by atoms with Crippen molar-refractivity contribution in [1.29, 1.82) is 5.26 Å². The first-order valence-electron chi connectivity index (χ1n) is 4.16. The normalized spacial score (nSPS) is 10.2. The predicted molar refractivity (Wildman–Crippen MR) is 55.7 cm³/mol. The molecule has 0 atom stereocenters. The van der Waals surface area contributed by atoms with Crippen molar-refractivity contribution in [2.24, 2.45) is 0 Å². The van der Waals surface area contributed by atoms with Gasteiger partial charge in [0, 0.05) is 10.9 Å². The van der Waals surface area contributed by atoms with E-state index in [2.05, 4.69) is 15.9 Å². The fourth-order valence-corrected chi connectivity index (χ4v) is 1.96. The molecule has 3 nitrogen and oxygen atoms in total. The lowest BCUT2D eigenvalue weighted by atomic mass is 9.98. The van der Waals surface area contributed by atoms with Gasteiger partial charge < -0.3 is 5.11 Å². The summed E-state index contributed by atoms with van der Waals surface area (Å²) < 4.78 is 25.5. The molecule has 0 aromatic heterocycles. The smallest absolute Gasteiger partial charge is 0.336 e. The number of carboxylic acids is 1. The van der Waals surface area contributed by atoms with Crippen LogP contribution in [-0.2, 0) is 5.33 Å². The summed E-state index contributed by atoms with van der Waals surface area (Å²) in [4.78, 5) is 10.8. The molecule has 0 radical (unpaired) electrons. The fourth-order valence-electron chi connectivity index (χ4n) is 1.36. The number of halogens is 3.